The lowest BCUT2D eigenvalue weighted by Crippen LogP contribution is -2.46. The molecule has 2 atom stereocenters. The molecule has 25 heavy (non-hydrogen) atoms. The lowest BCUT2D eigenvalue weighted by molar-refractivity contribution is 0.190. The fourth-order valence-electron chi connectivity index (χ4n) is 3.10. The molecule has 5 nitrogen and oxygen atoms in total. The molecule has 0 radical (unpaired) electrons. The second kappa shape index (κ2) is 10.2. The second-order valence-corrected chi connectivity index (χ2v) is 6.68. The van der Waals surface area contributed by atoms with E-state index in [1.165, 1.54) is 25.5 Å². The maximum atomic E-state index is 13.7. The highest BCUT2D eigenvalue weighted by atomic mass is 19.1. The van der Waals surface area contributed by atoms with Crippen LogP contribution in [0.1, 0.15) is 26.2 Å². The summed E-state index contributed by atoms with van der Waals surface area (Å²) in [6.07, 6.45) is 3.17. The molecule has 0 amide bonds. The normalized spacial score (nSPS) is 20.2. The van der Waals surface area contributed by atoms with Gasteiger partial charge in [-0.25, -0.2) is 4.39 Å². The van der Waals surface area contributed by atoms with Gasteiger partial charge < -0.3 is 20.3 Å². The molecule has 1 fully saturated rings. The van der Waals surface area contributed by atoms with Gasteiger partial charge in [0.2, 0.25) is 0 Å². The van der Waals surface area contributed by atoms with E-state index in [4.69, 9.17) is 4.74 Å². The molecule has 1 saturated heterocycles. The Morgan fingerprint density at radius 3 is 2.88 bits per heavy atom. The predicted octanol–water partition coefficient (Wildman–Crippen LogP) is 2.49. The van der Waals surface area contributed by atoms with E-state index < -0.39 is 0 Å². The zero-order chi connectivity index (χ0) is 18.1. The summed E-state index contributed by atoms with van der Waals surface area (Å²) in [7, 11) is 3.94. The molecule has 1 aromatic carbocycles. The van der Waals surface area contributed by atoms with Crippen LogP contribution in [-0.4, -0.2) is 57.2 Å². The average molecular weight is 350 g/mol. The third-order valence-electron chi connectivity index (χ3n) is 4.59. The van der Waals surface area contributed by atoms with Gasteiger partial charge in [-0.3, -0.25) is 4.99 Å². The molecule has 0 spiro atoms. The first-order valence-corrected chi connectivity index (χ1v) is 9.16. The van der Waals surface area contributed by atoms with Gasteiger partial charge in [0.1, 0.15) is 6.10 Å². The maximum Gasteiger partial charge on any atom is 0.191 e. The average Bonchev–Trinajstić information content (AvgIpc) is 2.62. The summed E-state index contributed by atoms with van der Waals surface area (Å²) in [4.78, 5) is 6.65. The molecule has 1 heterocycles. The van der Waals surface area contributed by atoms with E-state index in [0.717, 1.165) is 25.5 Å². The van der Waals surface area contributed by atoms with Gasteiger partial charge >= 0.3 is 0 Å². The molecular formula is C19H31FN4O. The van der Waals surface area contributed by atoms with Crippen molar-refractivity contribution in [3.63, 3.8) is 0 Å². The van der Waals surface area contributed by atoms with Crippen LogP contribution < -0.4 is 15.4 Å². The van der Waals surface area contributed by atoms with Gasteiger partial charge in [0.25, 0.3) is 0 Å². The second-order valence-electron chi connectivity index (χ2n) is 6.68. The monoisotopic (exact) mass is 350 g/mol. The third kappa shape index (κ3) is 6.53. The summed E-state index contributed by atoms with van der Waals surface area (Å²) < 4.78 is 19.5. The highest BCUT2D eigenvalue weighted by Crippen LogP contribution is 2.18. The van der Waals surface area contributed by atoms with E-state index in [1.807, 2.05) is 6.92 Å². The Morgan fingerprint density at radius 2 is 2.20 bits per heavy atom. The van der Waals surface area contributed by atoms with Crippen molar-refractivity contribution in [3.05, 3.63) is 30.1 Å². The molecule has 0 saturated carbocycles. The van der Waals surface area contributed by atoms with Crippen molar-refractivity contribution in [2.45, 2.75) is 32.3 Å². The molecular weight excluding hydrogens is 319 g/mol. The molecule has 6 heteroatoms. The molecule has 0 aromatic heterocycles. The highest BCUT2D eigenvalue weighted by Gasteiger charge is 2.17. The van der Waals surface area contributed by atoms with Gasteiger partial charge in [0.05, 0.1) is 6.54 Å². The summed E-state index contributed by atoms with van der Waals surface area (Å²) in [6.45, 7) is 5.83. The Morgan fingerprint density at radius 1 is 1.40 bits per heavy atom. The van der Waals surface area contributed by atoms with Gasteiger partial charge in [0, 0.05) is 20.1 Å². The number of aliphatic imine (C=N–C) groups is 1. The number of halogens is 1. The van der Waals surface area contributed by atoms with Crippen LogP contribution in [0.15, 0.2) is 29.3 Å². The third-order valence-corrected chi connectivity index (χ3v) is 4.59. The Labute approximate surface area is 150 Å². The van der Waals surface area contributed by atoms with Gasteiger partial charge in [-0.15, -0.1) is 0 Å². The maximum absolute atomic E-state index is 13.7. The lowest BCUT2D eigenvalue weighted by Gasteiger charge is -2.30. The van der Waals surface area contributed by atoms with Crippen LogP contribution in [0.4, 0.5) is 4.39 Å². The first kappa shape index (κ1) is 19.5. The molecule has 140 valence electrons. The number of guanidine groups is 1. The van der Waals surface area contributed by atoms with Crippen LogP contribution in [0.2, 0.25) is 0 Å². The quantitative estimate of drug-likeness (QED) is 0.586. The summed E-state index contributed by atoms with van der Waals surface area (Å²) in [5.41, 5.74) is 0. The van der Waals surface area contributed by atoms with Crippen LogP contribution in [0.25, 0.3) is 0 Å². The zero-order valence-electron chi connectivity index (χ0n) is 15.6. The minimum Gasteiger partial charge on any atom is -0.486 e. The van der Waals surface area contributed by atoms with Gasteiger partial charge in [-0.05, 0) is 50.9 Å². The van der Waals surface area contributed by atoms with Crippen LogP contribution in [0, 0.1) is 11.7 Å². The van der Waals surface area contributed by atoms with Gasteiger partial charge in [0.15, 0.2) is 17.5 Å². The number of para-hydroxylation sites is 1. The molecule has 1 aromatic rings. The van der Waals surface area contributed by atoms with Crippen LogP contribution in [0.3, 0.4) is 0 Å². The van der Waals surface area contributed by atoms with E-state index in [-0.39, 0.29) is 11.9 Å². The summed E-state index contributed by atoms with van der Waals surface area (Å²) in [5.74, 6) is 1.38. The Bertz CT molecular complexity index is 552. The number of nitrogens with zero attached hydrogens (tertiary/aromatic N) is 2. The standard InChI is InChI=1S/C19H31FN4O/c1-4-16(25-18-10-6-5-9-17(18)20)13-23-19(21-2)22-12-15-8-7-11-24(3)14-15/h5-6,9-10,15-16H,4,7-8,11-14H2,1-3H3,(H2,21,22,23). The molecule has 0 bridgehead atoms. The number of nitrogens with one attached hydrogen (secondary N) is 2. The Balaban J connectivity index is 1.77. The Kier molecular flexibility index (Phi) is 7.98. The molecule has 2 N–H and O–H groups in total. The molecule has 0 aliphatic carbocycles. The first-order valence-electron chi connectivity index (χ1n) is 9.16. The smallest absolute Gasteiger partial charge is 0.191 e. The van der Waals surface area contributed by atoms with Gasteiger partial charge in [-0.2, -0.15) is 0 Å². The summed E-state index contributed by atoms with van der Waals surface area (Å²) in [6, 6.07) is 6.51. The molecule has 1 aliphatic rings. The van der Waals surface area contributed by atoms with Crippen molar-refractivity contribution in [1.29, 1.82) is 0 Å². The van der Waals surface area contributed by atoms with E-state index in [1.54, 1.807) is 25.2 Å². The molecule has 1 aliphatic heterocycles. The predicted molar refractivity (Wildman–Crippen MR) is 101 cm³/mol. The number of ether oxygens (including phenoxy) is 1. The number of piperidine rings is 1. The van der Waals surface area contributed by atoms with Crippen molar-refractivity contribution in [1.82, 2.24) is 15.5 Å². The van der Waals surface area contributed by atoms with Crippen LogP contribution >= 0.6 is 0 Å². The lowest BCUT2D eigenvalue weighted by atomic mass is 9.99. The SMILES string of the molecule is CCC(CNC(=NC)NCC1CCCN(C)C1)Oc1ccccc1F. The van der Waals surface area contributed by atoms with Crippen molar-refractivity contribution in [3.8, 4) is 5.75 Å². The highest BCUT2D eigenvalue weighted by molar-refractivity contribution is 5.79. The van der Waals surface area contributed by atoms with E-state index >= 15 is 0 Å². The number of benzene rings is 1. The minimum absolute atomic E-state index is 0.115. The van der Waals surface area contributed by atoms with E-state index in [2.05, 4.69) is 27.6 Å². The van der Waals surface area contributed by atoms with Crippen molar-refractivity contribution < 1.29 is 9.13 Å². The van der Waals surface area contributed by atoms with Crippen molar-refractivity contribution in [2.24, 2.45) is 10.9 Å². The molecule has 2 unspecified atom stereocenters. The van der Waals surface area contributed by atoms with Crippen LogP contribution in [0.5, 0.6) is 5.75 Å². The Hall–Kier alpha value is -1.82. The van der Waals surface area contributed by atoms with Gasteiger partial charge in [-0.1, -0.05) is 19.1 Å². The number of rotatable bonds is 7. The van der Waals surface area contributed by atoms with Crippen LogP contribution in [-0.2, 0) is 0 Å². The zero-order valence-corrected chi connectivity index (χ0v) is 15.6. The minimum atomic E-state index is -0.329. The van der Waals surface area contributed by atoms with Crippen molar-refractivity contribution in [2.75, 3.05) is 40.3 Å². The number of likely N-dealkylation sites (tertiary alicyclic amines) is 1. The fourth-order valence-corrected chi connectivity index (χ4v) is 3.10. The largest absolute Gasteiger partial charge is 0.486 e. The first-order chi connectivity index (χ1) is 12.1. The summed E-state index contributed by atoms with van der Waals surface area (Å²) >= 11 is 0. The van der Waals surface area contributed by atoms with E-state index in [9.17, 15) is 4.39 Å². The topological polar surface area (TPSA) is 48.9 Å². The molecule has 2 rings (SSSR count). The van der Waals surface area contributed by atoms with E-state index in [0.29, 0.717) is 18.2 Å². The summed E-state index contributed by atoms with van der Waals surface area (Å²) in [5, 5.41) is 6.69. The van der Waals surface area contributed by atoms with Crippen molar-refractivity contribution >= 4 is 5.96 Å². The number of hydrogen-bond acceptors (Lipinski definition) is 3. The number of hydrogen-bond donors (Lipinski definition) is 2. The fraction of sp³-hybridized carbons (Fsp3) is 0.632.